The third-order valence-electron chi connectivity index (χ3n) is 4.17. The van der Waals surface area contributed by atoms with Crippen LogP contribution in [0.1, 0.15) is 18.4 Å². The lowest BCUT2D eigenvalue weighted by Gasteiger charge is -2.39. The second kappa shape index (κ2) is 5.20. The van der Waals surface area contributed by atoms with Crippen LogP contribution in [0.4, 0.5) is 5.69 Å². The molecule has 0 spiro atoms. The number of rotatable bonds is 3. The van der Waals surface area contributed by atoms with Gasteiger partial charge in [0.25, 0.3) is 0 Å². The Balaban J connectivity index is 1.83. The quantitative estimate of drug-likeness (QED) is 0.929. The molecular weight excluding hydrogens is 268 g/mol. The molecule has 3 heterocycles. The van der Waals surface area contributed by atoms with E-state index in [1.54, 1.807) is 23.3 Å². The molecule has 0 aliphatic carbocycles. The molecule has 3 rings (SSSR count). The highest BCUT2D eigenvalue weighted by molar-refractivity contribution is 5.77. The van der Waals surface area contributed by atoms with Crippen LogP contribution in [0.3, 0.4) is 0 Å². The second-order valence-electron chi connectivity index (χ2n) is 5.49. The molecule has 0 bridgehead atoms. The first-order valence-corrected chi connectivity index (χ1v) is 7.02. The van der Waals surface area contributed by atoms with Crippen molar-refractivity contribution in [2.24, 2.45) is 0 Å². The zero-order chi connectivity index (χ0) is 14.9. The molecule has 6 heteroatoms. The molecule has 2 aromatic rings. The van der Waals surface area contributed by atoms with Crippen LogP contribution < -0.4 is 4.90 Å². The highest BCUT2D eigenvalue weighted by Crippen LogP contribution is 2.32. The van der Waals surface area contributed by atoms with E-state index in [4.69, 9.17) is 0 Å². The fourth-order valence-corrected chi connectivity index (χ4v) is 2.88. The number of aliphatic carboxylic acids is 1. The van der Waals surface area contributed by atoms with Crippen molar-refractivity contribution in [3.8, 4) is 0 Å². The van der Waals surface area contributed by atoms with Gasteiger partial charge >= 0.3 is 5.97 Å². The maximum absolute atomic E-state index is 11.8. The van der Waals surface area contributed by atoms with Gasteiger partial charge in [-0.2, -0.15) is 5.10 Å². The smallest absolute Gasteiger partial charge is 0.331 e. The summed E-state index contributed by atoms with van der Waals surface area (Å²) in [4.78, 5) is 18.0. The van der Waals surface area contributed by atoms with Crippen molar-refractivity contribution in [3.05, 3.63) is 42.5 Å². The average molecular weight is 286 g/mol. The number of aryl methyl sites for hydroxylation is 1. The van der Waals surface area contributed by atoms with Crippen molar-refractivity contribution >= 4 is 11.7 Å². The summed E-state index contributed by atoms with van der Waals surface area (Å²) in [5, 5.41) is 14.0. The van der Waals surface area contributed by atoms with Gasteiger partial charge in [-0.25, -0.2) is 4.79 Å². The highest BCUT2D eigenvalue weighted by atomic mass is 16.4. The second-order valence-corrected chi connectivity index (χ2v) is 5.49. The Hall–Kier alpha value is -2.37. The van der Waals surface area contributed by atoms with Gasteiger partial charge in [-0.1, -0.05) is 0 Å². The summed E-state index contributed by atoms with van der Waals surface area (Å²) in [6, 6.07) is 3.90. The number of piperidine rings is 1. The van der Waals surface area contributed by atoms with Crippen molar-refractivity contribution < 1.29 is 9.90 Å². The van der Waals surface area contributed by atoms with Gasteiger partial charge in [-0.05, 0) is 24.6 Å². The van der Waals surface area contributed by atoms with Crippen LogP contribution >= 0.6 is 0 Å². The lowest BCUT2D eigenvalue weighted by atomic mass is 9.87. The Bertz CT molecular complexity index is 630. The molecule has 0 radical (unpaired) electrons. The molecule has 1 fully saturated rings. The summed E-state index contributed by atoms with van der Waals surface area (Å²) in [6.45, 7) is 3.30. The monoisotopic (exact) mass is 286 g/mol. The molecule has 0 amide bonds. The van der Waals surface area contributed by atoms with E-state index in [2.05, 4.69) is 15.0 Å². The van der Waals surface area contributed by atoms with E-state index in [9.17, 15) is 9.90 Å². The SMILES string of the molecule is Cc1cnn(C2(C(=O)O)CCN(c3ccncc3)CC2)c1. The molecule has 1 aliphatic rings. The molecule has 1 aliphatic heterocycles. The fourth-order valence-electron chi connectivity index (χ4n) is 2.88. The van der Waals surface area contributed by atoms with Gasteiger partial charge in [-0.3, -0.25) is 9.67 Å². The summed E-state index contributed by atoms with van der Waals surface area (Å²) in [6.07, 6.45) is 8.10. The van der Waals surface area contributed by atoms with Crippen molar-refractivity contribution in [2.45, 2.75) is 25.3 Å². The summed E-state index contributed by atoms with van der Waals surface area (Å²) < 4.78 is 1.62. The maximum Gasteiger partial charge on any atom is 0.331 e. The minimum absolute atomic E-state index is 0.534. The van der Waals surface area contributed by atoms with Crippen LogP contribution in [0.15, 0.2) is 36.9 Å². The fraction of sp³-hybridized carbons (Fsp3) is 0.400. The topological polar surface area (TPSA) is 71.2 Å². The van der Waals surface area contributed by atoms with E-state index in [1.165, 1.54) is 0 Å². The predicted octanol–water partition coefficient (Wildman–Crippen LogP) is 1.67. The van der Waals surface area contributed by atoms with E-state index < -0.39 is 11.5 Å². The average Bonchev–Trinajstić information content (AvgIpc) is 2.95. The zero-order valence-electron chi connectivity index (χ0n) is 11.9. The Labute approximate surface area is 123 Å². The van der Waals surface area contributed by atoms with Crippen LogP contribution in [-0.2, 0) is 10.3 Å². The first kappa shape index (κ1) is 13.6. The number of anilines is 1. The molecule has 21 heavy (non-hydrogen) atoms. The van der Waals surface area contributed by atoms with E-state index in [1.807, 2.05) is 25.3 Å². The summed E-state index contributed by atoms with van der Waals surface area (Å²) >= 11 is 0. The van der Waals surface area contributed by atoms with E-state index >= 15 is 0 Å². The molecule has 1 saturated heterocycles. The van der Waals surface area contributed by atoms with Gasteiger partial charge in [0.15, 0.2) is 5.54 Å². The number of carboxylic acid groups (broad SMARTS) is 1. The van der Waals surface area contributed by atoms with Crippen molar-refractivity contribution in [1.82, 2.24) is 14.8 Å². The number of hydrogen-bond donors (Lipinski definition) is 1. The van der Waals surface area contributed by atoms with Gasteiger partial charge in [0.2, 0.25) is 0 Å². The molecular formula is C15H18N4O2. The minimum atomic E-state index is -0.933. The normalized spacial score (nSPS) is 17.7. The van der Waals surface area contributed by atoms with Crippen LogP contribution in [0.25, 0.3) is 0 Å². The first-order valence-electron chi connectivity index (χ1n) is 7.02. The molecule has 6 nitrogen and oxygen atoms in total. The van der Waals surface area contributed by atoms with Crippen LogP contribution in [0.2, 0.25) is 0 Å². The summed E-state index contributed by atoms with van der Waals surface area (Å²) in [7, 11) is 0. The molecule has 110 valence electrons. The number of hydrogen-bond acceptors (Lipinski definition) is 4. The van der Waals surface area contributed by atoms with Crippen molar-refractivity contribution in [1.29, 1.82) is 0 Å². The number of carbonyl (C=O) groups is 1. The molecule has 0 atom stereocenters. The Morgan fingerprint density at radius 1 is 1.29 bits per heavy atom. The van der Waals surface area contributed by atoms with Gasteiger partial charge in [0.05, 0.1) is 6.20 Å². The molecule has 2 aromatic heterocycles. The van der Waals surface area contributed by atoms with Gasteiger partial charge in [0, 0.05) is 50.2 Å². The Kier molecular flexibility index (Phi) is 3.37. The van der Waals surface area contributed by atoms with Crippen molar-refractivity contribution in [3.63, 3.8) is 0 Å². The summed E-state index contributed by atoms with van der Waals surface area (Å²) in [5.74, 6) is -0.806. The Morgan fingerprint density at radius 2 is 1.95 bits per heavy atom. The van der Waals surface area contributed by atoms with Crippen LogP contribution in [0, 0.1) is 6.92 Å². The Morgan fingerprint density at radius 3 is 2.48 bits per heavy atom. The molecule has 0 aromatic carbocycles. The number of pyridine rings is 1. The molecule has 0 saturated carbocycles. The lowest BCUT2D eigenvalue weighted by Crippen LogP contribution is -2.51. The highest BCUT2D eigenvalue weighted by Gasteiger charge is 2.44. The number of nitrogens with zero attached hydrogens (tertiary/aromatic N) is 4. The minimum Gasteiger partial charge on any atom is -0.479 e. The third kappa shape index (κ3) is 2.37. The lowest BCUT2D eigenvalue weighted by molar-refractivity contribution is -0.149. The molecule has 1 N–H and O–H groups in total. The number of carboxylic acids is 1. The summed E-state index contributed by atoms with van der Waals surface area (Å²) in [5.41, 5.74) is 1.13. The standard InChI is InChI=1S/C15H18N4O2/c1-12-10-17-19(11-12)15(14(20)21)4-8-18(9-5-15)13-2-6-16-7-3-13/h2-3,6-7,10-11H,4-5,8-9H2,1H3,(H,20,21). The third-order valence-corrected chi connectivity index (χ3v) is 4.17. The van der Waals surface area contributed by atoms with Crippen LogP contribution in [0.5, 0.6) is 0 Å². The largest absolute Gasteiger partial charge is 0.479 e. The first-order chi connectivity index (χ1) is 10.1. The van der Waals surface area contributed by atoms with E-state index in [0.29, 0.717) is 25.9 Å². The maximum atomic E-state index is 11.8. The van der Waals surface area contributed by atoms with Crippen LogP contribution in [-0.4, -0.2) is 38.9 Å². The van der Waals surface area contributed by atoms with Crippen molar-refractivity contribution in [2.75, 3.05) is 18.0 Å². The number of aromatic nitrogens is 3. The van der Waals surface area contributed by atoms with Gasteiger partial charge < -0.3 is 10.0 Å². The van der Waals surface area contributed by atoms with E-state index in [0.717, 1.165) is 11.3 Å². The predicted molar refractivity (Wildman–Crippen MR) is 78.3 cm³/mol. The zero-order valence-corrected chi connectivity index (χ0v) is 11.9. The van der Waals surface area contributed by atoms with Gasteiger partial charge in [-0.15, -0.1) is 0 Å². The molecule has 0 unspecified atom stereocenters. The van der Waals surface area contributed by atoms with E-state index in [-0.39, 0.29) is 0 Å². The van der Waals surface area contributed by atoms with Gasteiger partial charge in [0.1, 0.15) is 0 Å².